The Bertz CT molecular complexity index is 316. The van der Waals surface area contributed by atoms with Crippen molar-refractivity contribution < 1.29 is 29.3 Å². The van der Waals surface area contributed by atoms with Gasteiger partial charge in [-0.1, -0.05) is 6.92 Å². The molecule has 0 bridgehead atoms. The predicted molar refractivity (Wildman–Crippen MR) is 61.5 cm³/mol. The first-order valence-corrected chi connectivity index (χ1v) is 6.03. The molecule has 6 nitrogen and oxygen atoms in total. The van der Waals surface area contributed by atoms with E-state index in [9.17, 15) is 19.8 Å². The third-order valence-corrected chi connectivity index (χ3v) is 3.11. The van der Waals surface area contributed by atoms with Crippen LogP contribution >= 0.6 is 0 Å². The molecule has 0 saturated carbocycles. The Morgan fingerprint density at radius 2 is 1.83 bits per heavy atom. The first kappa shape index (κ1) is 15.1. The maximum Gasteiger partial charge on any atom is 0.306 e. The minimum atomic E-state index is -1.26. The molecule has 1 heterocycles. The molecule has 2 N–H and O–H groups in total. The number of aliphatic hydroxyl groups excluding tert-OH is 2. The van der Waals surface area contributed by atoms with Gasteiger partial charge in [-0.3, -0.25) is 4.79 Å². The molecule has 1 aliphatic rings. The summed E-state index contributed by atoms with van der Waals surface area (Å²) in [6.45, 7) is 4.74. The number of ether oxygens (including phenoxy) is 2. The van der Waals surface area contributed by atoms with Crippen LogP contribution in [0.5, 0.6) is 0 Å². The fourth-order valence-electron chi connectivity index (χ4n) is 1.95. The van der Waals surface area contributed by atoms with Crippen molar-refractivity contribution in [2.75, 3.05) is 0 Å². The van der Waals surface area contributed by atoms with Gasteiger partial charge in [-0.2, -0.15) is 0 Å². The monoisotopic (exact) mass is 260 g/mol. The SMILES string of the molecule is CC(=O)CCC(=O)O[C@H]1C(C)O[C@@H](O)C(O)[C@H]1C. The Morgan fingerprint density at radius 1 is 1.22 bits per heavy atom. The number of Topliss-reactive ketones (excluding diaryl/α,β-unsaturated/α-hetero) is 1. The summed E-state index contributed by atoms with van der Waals surface area (Å²) in [7, 11) is 0. The lowest BCUT2D eigenvalue weighted by atomic mass is 9.91. The highest BCUT2D eigenvalue weighted by Crippen LogP contribution is 2.27. The van der Waals surface area contributed by atoms with Crippen molar-refractivity contribution >= 4 is 11.8 Å². The Kier molecular flexibility index (Phi) is 5.25. The zero-order chi connectivity index (χ0) is 13.9. The number of carbonyl (C=O) groups is 2. The number of ketones is 1. The quantitative estimate of drug-likeness (QED) is 0.691. The summed E-state index contributed by atoms with van der Waals surface area (Å²) in [4.78, 5) is 22.3. The average Bonchev–Trinajstić information content (AvgIpc) is 2.29. The van der Waals surface area contributed by atoms with Gasteiger partial charge in [-0.15, -0.1) is 0 Å². The van der Waals surface area contributed by atoms with Crippen LogP contribution in [0.3, 0.4) is 0 Å². The predicted octanol–water partition coefficient (Wildman–Crippen LogP) is 0.00150. The molecule has 0 amide bonds. The molecule has 0 aromatic carbocycles. The van der Waals surface area contributed by atoms with Gasteiger partial charge < -0.3 is 24.5 Å². The summed E-state index contributed by atoms with van der Waals surface area (Å²) in [5.74, 6) is -1.01. The second-order valence-corrected chi connectivity index (χ2v) is 4.74. The molecule has 0 aromatic rings. The first-order chi connectivity index (χ1) is 8.32. The lowest BCUT2D eigenvalue weighted by molar-refractivity contribution is -0.265. The summed E-state index contributed by atoms with van der Waals surface area (Å²) < 4.78 is 10.3. The van der Waals surface area contributed by atoms with Crippen molar-refractivity contribution in [3.63, 3.8) is 0 Å². The summed E-state index contributed by atoms with van der Waals surface area (Å²) >= 11 is 0. The third kappa shape index (κ3) is 3.76. The number of hydrogen-bond acceptors (Lipinski definition) is 6. The number of carbonyl (C=O) groups excluding carboxylic acids is 2. The highest BCUT2D eigenvalue weighted by molar-refractivity contribution is 5.81. The van der Waals surface area contributed by atoms with Crippen LogP contribution in [0.2, 0.25) is 0 Å². The van der Waals surface area contributed by atoms with Crippen LogP contribution in [-0.4, -0.2) is 46.6 Å². The molecule has 1 fully saturated rings. The fraction of sp³-hybridized carbons (Fsp3) is 0.833. The van der Waals surface area contributed by atoms with E-state index in [1.165, 1.54) is 6.92 Å². The van der Waals surface area contributed by atoms with Gasteiger partial charge in [-0.05, 0) is 13.8 Å². The van der Waals surface area contributed by atoms with Gasteiger partial charge >= 0.3 is 5.97 Å². The van der Waals surface area contributed by atoms with Gasteiger partial charge in [0.1, 0.15) is 18.0 Å². The number of aliphatic hydroxyl groups is 2. The fourth-order valence-corrected chi connectivity index (χ4v) is 1.95. The molecule has 0 aliphatic carbocycles. The van der Waals surface area contributed by atoms with Crippen LogP contribution in [0.15, 0.2) is 0 Å². The van der Waals surface area contributed by atoms with E-state index in [1.807, 2.05) is 0 Å². The Labute approximate surface area is 106 Å². The first-order valence-electron chi connectivity index (χ1n) is 6.03. The van der Waals surface area contributed by atoms with Gasteiger partial charge in [0.25, 0.3) is 0 Å². The molecule has 0 spiro atoms. The van der Waals surface area contributed by atoms with Crippen LogP contribution in [0.4, 0.5) is 0 Å². The van der Waals surface area contributed by atoms with Gasteiger partial charge in [0.05, 0.1) is 12.5 Å². The van der Waals surface area contributed by atoms with Crippen molar-refractivity contribution in [1.29, 1.82) is 0 Å². The maximum absolute atomic E-state index is 11.5. The van der Waals surface area contributed by atoms with E-state index in [1.54, 1.807) is 13.8 Å². The van der Waals surface area contributed by atoms with E-state index in [0.29, 0.717) is 0 Å². The van der Waals surface area contributed by atoms with Gasteiger partial charge in [0, 0.05) is 12.3 Å². The summed E-state index contributed by atoms with van der Waals surface area (Å²) in [6.07, 6.45) is -3.32. The Balaban J connectivity index is 2.54. The maximum atomic E-state index is 11.5. The number of hydrogen-bond donors (Lipinski definition) is 2. The topological polar surface area (TPSA) is 93.1 Å². The van der Waals surface area contributed by atoms with Gasteiger partial charge in [0.15, 0.2) is 6.29 Å². The Morgan fingerprint density at radius 3 is 2.39 bits per heavy atom. The molecule has 6 heteroatoms. The molecule has 1 rings (SSSR count). The summed E-state index contributed by atoms with van der Waals surface area (Å²) in [5, 5.41) is 19.0. The molecule has 0 radical (unpaired) electrons. The highest BCUT2D eigenvalue weighted by atomic mass is 16.6. The van der Waals surface area contributed by atoms with E-state index < -0.39 is 36.5 Å². The van der Waals surface area contributed by atoms with E-state index in [-0.39, 0.29) is 18.6 Å². The van der Waals surface area contributed by atoms with Crippen LogP contribution in [0, 0.1) is 5.92 Å². The average molecular weight is 260 g/mol. The second-order valence-electron chi connectivity index (χ2n) is 4.74. The molecule has 0 aromatic heterocycles. The van der Waals surface area contributed by atoms with Crippen molar-refractivity contribution in [3.05, 3.63) is 0 Å². The van der Waals surface area contributed by atoms with E-state index in [2.05, 4.69) is 0 Å². The van der Waals surface area contributed by atoms with Gasteiger partial charge in [0.2, 0.25) is 0 Å². The number of esters is 1. The van der Waals surface area contributed by atoms with Gasteiger partial charge in [-0.25, -0.2) is 0 Å². The standard InChI is InChI=1S/C12H20O6/c1-6(13)4-5-9(14)18-11-7(2)10(15)12(16)17-8(11)3/h7-8,10-12,15-16H,4-5H2,1-3H3/t7-,8?,10?,11-,12-/m1/s1. The summed E-state index contributed by atoms with van der Waals surface area (Å²) in [6, 6.07) is 0. The van der Waals surface area contributed by atoms with Crippen molar-refractivity contribution in [2.45, 2.75) is 58.2 Å². The molecular formula is C12H20O6. The van der Waals surface area contributed by atoms with E-state index in [4.69, 9.17) is 9.47 Å². The largest absolute Gasteiger partial charge is 0.459 e. The lowest BCUT2D eigenvalue weighted by Gasteiger charge is -2.39. The lowest BCUT2D eigenvalue weighted by Crippen LogP contribution is -2.53. The normalized spacial score (nSPS) is 36.2. The zero-order valence-corrected chi connectivity index (χ0v) is 10.8. The second kappa shape index (κ2) is 6.26. The van der Waals surface area contributed by atoms with Crippen LogP contribution < -0.4 is 0 Å². The van der Waals surface area contributed by atoms with E-state index in [0.717, 1.165) is 0 Å². The zero-order valence-electron chi connectivity index (χ0n) is 10.8. The molecule has 1 aliphatic heterocycles. The smallest absolute Gasteiger partial charge is 0.306 e. The van der Waals surface area contributed by atoms with Crippen LogP contribution in [-0.2, 0) is 19.1 Å². The minimum Gasteiger partial charge on any atom is -0.459 e. The highest BCUT2D eigenvalue weighted by Gasteiger charge is 2.42. The molecule has 18 heavy (non-hydrogen) atoms. The van der Waals surface area contributed by atoms with E-state index >= 15 is 0 Å². The van der Waals surface area contributed by atoms with Crippen molar-refractivity contribution in [1.82, 2.24) is 0 Å². The molecular weight excluding hydrogens is 240 g/mol. The molecule has 2 unspecified atom stereocenters. The molecule has 5 atom stereocenters. The van der Waals surface area contributed by atoms with Crippen molar-refractivity contribution in [3.8, 4) is 0 Å². The van der Waals surface area contributed by atoms with Crippen LogP contribution in [0.25, 0.3) is 0 Å². The third-order valence-electron chi connectivity index (χ3n) is 3.11. The van der Waals surface area contributed by atoms with Crippen LogP contribution in [0.1, 0.15) is 33.6 Å². The minimum absolute atomic E-state index is 0.0178. The Hall–Kier alpha value is -0.980. The van der Waals surface area contributed by atoms with Crippen molar-refractivity contribution in [2.24, 2.45) is 5.92 Å². The molecule has 104 valence electrons. The summed E-state index contributed by atoms with van der Waals surface area (Å²) in [5.41, 5.74) is 0. The number of rotatable bonds is 4. The molecule has 1 saturated heterocycles.